The van der Waals surface area contributed by atoms with Crippen molar-refractivity contribution in [2.75, 3.05) is 13.2 Å². The SMILES string of the molecule is CC1=NN(CC(C)C)C(COc2c(F)cc(C3CC3CC(=O)O)cc2F)C1. The summed E-state index contributed by atoms with van der Waals surface area (Å²) < 4.78 is 34.3. The van der Waals surface area contributed by atoms with Crippen LogP contribution >= 0.6 is 0 Å². The van der Waals surface area contributed by atoms with Gasteiger partial charge in [0.25, 0.3) is 0 Å². The molecule has 1 aliphatic heterocycles. The quantitative estimate of drug-likeness (QED) is 0.740. The number of carboxylic acid groups (broad SMARTS) is 1. The van der Waals surface area contributed by atoms with Crippen LogP contribution in [0.4, 0.5) is 8.78 Å². The molecule has 1 fully saturated rings. The van der Waals surface area contributed by atoms with Crippen molar-refractivity contribution < 1.29 is 23.4 Å². The van der Waals surface area contributed by atoms with Crippen molar-refractivity contribution in [3.05, 3.63) is 29.3 Å². The Hall–Kier alpha value is -2.18. The minimum atomic E-state index is -0.886. The van der Waals surface area contributed by atoms with Gasteiger partial charge in [0.15, 0.2) is 17.4 Å². The normalized spacial score (nSPS) is 24.3. The molecule has 0 spiro atoms. The van der Waals surface area contributed by atoms with E-state index in [1.54, 1.807) is 0 Å². The van der Waals surface area contributed by atoms with Crippen molar-refractivity contribution in [3.63, 3.8) is 0 Å². The Balaban J connectivity index is 1.63. The fraction of sp³-hybridized carbons (Fsp3) is 0.600. The van der Waals surface area contributed by atoms with Gasteiger partial charge in [0, 0.05) is 25.1 Å². The standard InChI is InChI=1S/C20H26F2N2O3/c1-11(2)9-24-15(4-12(3)23-24)10-27-20-17(21)6-14(7-18(20)22)16-5-13(16)8-19(25)26/h6-7,11,13,15-16H,4-5,8-10H2,1-3H3,(H,25,26). The molecular weight excluding hydrogens is 354 g/mol. The molecule has 1 heterocycles. The number of ether oxygens (including phenoxy) is 1. The van der Waals surface area contributed by atoms with E-state index in [9.17, 15) is 13.6 Å². The summed E-state index contributed by atoms with van der Waals surface area (Å²) in [7, 11) is 0. The summed E-state index contributed by atoms with van der Waals surface area (Å²) in [4.78, 5) is 10.8. The average Bonchev–Trinajstić information content (AvgIpc) is 3.21. The molecule has 1 aromatic carbocycles. The molecular formula is C20H26F2N2O3. The number of carboxylic acids is 1. The van der Waals surface area contributed by atoms with Gasteiger partial charge >= 0.3 is 5.97 Å². The second kappa shape index (κ2) is 7.82. The molecule has 1 saturated carbocycles. The summed E-state index contributed by atoms with van der Waals surface area (Å²) in [6.07, 6.45) is 1.39. The van der Waals surface area contributed by atoms with Crippen molar-refractivity contribution in [1.29, 1.82) is 0 Å². The zero-order valence-corrected chi connectivity index (χ0v) is 15.9. The summed E-state index contributed by atoms with van der Waals surface area (Å²) in [5, 5.41) is 15.2. The number of hydrogen-bond donors (Lipinski definition) is 1. The van der Waals surface area contributed by atoms with Crippen molar-refractivity contribution in [3.8, 4) is 5.75 Å². The predicted molar refractivity (Wildman–Crippen MR) is 98.0 cm³/mol. The minimum Gasteiger partial charge on any atom is -0.485 e. The first-order chi connectivity index (χ1) is 12.7. The number of aliphatic carboxylic acids is 1. The first-order valence-corrected chi connectivity index (χ1v) is 9.38. The number of nitrogens with zero attached hydrogens (tertiary/aromatic N) is 2. The zero-order chi connectivity index (χ0) is 19.7. The first-order valence-electron chi connectivity index (χ1n) is 9.38. The van der Waals surface area contributed by atoms with E-state index in [0.717, 1.165) is 12.3 Å². The van der Waals surface area contributed by atoms with Crippen LogP contribution in [0.5, 0.6) is 5.75 Å². The van der Waals surface area contributed by atoms with Gasteiger partial charge in [-0.25, -0.2) is 8.78 Å². The maximum absolute atomic E-state index is 14.4. The van der Waals surface area contributed by atoms with Crippen LogP contribution in [-0.4, -0.2) is 41.0 Å². The highest BCUT2D eigenvalue weighted by molar-refractivity contribution is 5.83. The number of rotatable bonds is 8. The Morgan fingerprint density at radius 2 is 2.04 bits per heavy atom. The Kier molecular flexibility index (Phi) is 5.67. The minimum absolute atomic E-state index is 0.0267. The molecule has 5 nitrogen and oxygen atoms in total. The number of carbonyl (C=O) groups is 1. The van der Waals surface area contributed by atoms with Gasteiger partial charge in [-0.3, -0.25) is 9.80 Å². The van der Waals surface area contributed by atoms with Crippen molar-refractivity contribution >= 4 is 11.7 Å². The molecule has 0 radical (unpaired) electrons. The summed E-state index contributed by atoms with van der Waals surface area (Å²) in [5.41, 5.74) is 1.49. The van der Waals surface area contributed by atoms with Gasteiger partial charge < -0.3 is 9.84 Å². The van der Waals surface area contributed by atoms with Crippen molar-refractivity contribution in [2.45, 2.75) is 52.0 Å². The third-order valence-electron chi connectivity index (χ3n) is 5.03. The van der Waals surface area contributed by atoms with Gasteiger partial charge in [0.1, 0.15) is 6.61 Å². The lowest BCUT2D eigenvalue weighted by molar-refractivity contribution is -0.137. The maximum Gasteiger partial charge on any atom is 0.303 e. The molecule has 1 aliphatic carbocycles. The van der Waals surface area contributed by atoms with E-state index in [1.807, 2.05) is 11.9 Å². The van der Waals surface area contributed by atoms with Crippen LogP contribution < -0.4 is 4.74 Å². The van der Waals surface area contributed by atoms with Gasteiger partial charge in [-0.1, -0.05) is 13.8 Å². The fourth-order valence-corrected chi connectivity index (χ4v) is 3.71. The van der Waals surface area contributed by atoms with Crippen molar-refractivity contribution in [1.82, 2.24) is 5.01 Å². The Labute approximate surface area is 158 Å². The average molecular weight is 380 g/mol. The van der Waals surface area contributed by atoms with Gasteiger partial charge in [-0.2, -0.15) is 5.10 Å². The number of halogens is 2. The lowest BCUT2D eigenvalue weighted by atomic mass is 10.1. The molecule has 3 unspecified atom stereocenters. The molecule has 2 aliphatic rings. The molecule has 0 amide bonds. The Morgan fingerprint density at radius 3 is 2.63 bits per heavy atom. The van der Waals surface area contributed by atoms with Gasteiger partial charge in [-0.05, 0) is 48.8 Å². The largest absolute Gasteiger partial charge is 0.485 e. The second-order valence-electron chi connectivity index (χ2n) is 8.03. The monoisotopic (exact) mass is 380 g/mol. The van der Waals surface area contributed by atoms with Crippen LogP contribution in [0.1, 0.15) is 51.5 Å². The molecule has 1 aromatic rings. The highest BCUT2D eigenvalue weighted by Gasteiger charge is 2.40. The lowest BCUT2D eigenvalue weighted by Crippen LogP contribution is -2.35. The molecule has 148 valence electrons. The van der Waals surface area contributed by atoms with Crippen LogP contribution in [0.2, 0.25) is 0 Å². The first kappa shape index (κ1) is 19.6. The fourth-order valence-electron chi connectivity index (χ4n) is 3.71. The van der Waals surface area contributed by atoms with Crippen LogP contribution in [0.3, 0.4) is 0 Å². The van der Waals surface area contributed by atoms with Crippen molar-refractivity contribution in [2.24, 2.45) is 16.9 Å². The summed E-state index contributed by atoms with van der Waals surface area (Å²) in [6, 6.07) is 2.51. The van der Waals surface area contributed by atoms with Crippen LogP contribution in [0.15, 0.2) is 17.2 Å². The highest BCUT2D eigenvalue weighted by atomic mass is 19.1. The van der Waals surface area contributed by atoms with E-state index in [-0.39, 0.29) is 36.7 Å². The zero-order valence-electron chi connectivity index (χ0n) is 15.9. The van der Waals surface area contributed by atoms with Gasteiger partial charge in [0.2, 0.25) is 0 Å². The van der Waals surface area contributed by atoms with Gasteiger partial charge in [0.05, 0.1) is 6.04 Å². The smallest absolute Gasteiger partial charge is 0.303 e. The molecule has 0 aromatic heterocycles. The molecule has 27 heavy (non-hydrogen) atoms. The second-order valence-corrected chi connectivity index (χ2v) is 8.03. The molecule has 3 rings (SSSR count). The number of hydrogen-bond acceptors (Lipinski definition) is 4. The van der Waals surface area contributed by atoms with E-state index >= 15 is 0 Å². The molecule has 1 N–H and O–H groups in total. The summed E-state index contributed by atoms with van der Waals surface area (Å²) in [5.74, 6) is -2.45. The maximum atomic E-state index is 14.4. The van der Waals surface area contributed by atoms with E-state index in [4.69, 9.17) is 9.84 Å². The van der Waals surface area contributed by atoms with E-state index in [0.29, 0.717) is 24.3 Å². The predicted octanol–water partition coefficient (Wildman–Crippen LogP) is 4.03. The lowest BCUT2D eigenvalue weighted by Gasteiger charge is -2.25. The molecule has 3 atom stereocenters. The molecule has 0 saturated heterocycles. The molecule has 7 heteroatoms. The topological polar surface area (TPSA) is 62.1 Å². The van der Waals surface area contributed by atoms with Crippen LogP contribution in [-0.2, 0) is 4.79 Å². The Bertz CT molecular complexity index is 728. The summed E-state index contributed by atoms with van der Waals surface area (Å²) >= 11 is 0. The van der Waals surface area contributed by atoms with E-state index in [2.05, 4.69) is 18.9 Å². The number of hydrazone groups is 1. The third-order valence-corrected chi connectivity index (χ3v) is 5.03. The highest BCUT2D eigenvalue weighted by Crippen LogP contribution is 2.50. The number of benzene rings is 1. The van der Waals surface area contributed by atoms with Gasteiger partial charge in [-0.15, -0.1) is 0 Å². The summed E-state index contributed by atoms with van der Waals surface area (Å²) in [6.45, 7) is 7.05. The third kappa shape index (κ3) is 4.76. The Morgan fingerprint density at radius 1 is 1.37 bits per heavy atom. The van der Waals surface area contributed by atoms with Crippen LogP contribution in [0.25, 0.3) is 0 Å². The molecule has 0 bridgehead atoms. The van der Waals surface area contributed by atoms with E-state index in [1.165, 1.54) is 12.1 Å². The van der Waals surface area contributed by atoms with Crippen LogP contribution in [0, 0.1) is 23.5 Å². The van der Waals surface area contributed by atoms with E-state index < -0.39 is 17.6 Å².